The number of hydrogen-bond acceptors (Lipinski definition) is 4. The van der Waals surface area contributed by atoms with Gasteiger partial charge in [-0.15, -0.1) is 6.42 Å². The van der Waals surface area contributed by atoms with Crippen LogP contribution >= 0.6 is 0 Å². The summed E-state index contributed by atoms with van der Waals surface area (Å²) in [6.07, 6.45) is 6.71. The topological polar surface area (TPSA) is 43.6 Å². The molecule has 0 spiro atoms. The molecule has 152 valence electrons. The standard InChI is InChI=1S/C24H26FNO3/c1-2-12-27-14-15-28-13-11-26-18-20-3-7-21-17-23(29-24(21)16-20)10-6-19-4-8-22(25)9-5-19/h1,3-5,7-9,16-17,26H,6,10-15,18H2. The first kappa shape index (κ1) is 21.1. The van der Waals surface area contributed by atoms with Crippen molar-refractivity contribution in [3.8, 4) is 12.3 Å². The van der Waals surface area contributed by atoms with Crippen LogP contribution in [0.1, 0.15) is 16.9 Å². The second kappa shape index (κ2) is 11.4. The highest BCUT2D eigenvalue weighted by molar-refractivity contribution is 5.78. The third-order valence-corrected chi connectivity index (χ3v) is 4.52. The van der Waals surface area contributed by atoms with Gasteiger partial charge >= 0.3 is 0 Å². The lowest BCUT2D eigenvalue weighted by atomic mass is 10.1. The Hall–Kier alpha value is -2.65. The molecular formula is C24H26FNO3. The van der Waals surface area contributed by atoms with Gasteiger partial charge in [0.05, 0.1) is 19.8 Å². The molecule has 0 aliphatic carbocycles. The molecule has 1 heterocycles. The van der Waals surface area contributed by atoms with Gasteiger partial charge in [0.1, 0.15) is 23.8 Å². The molecular weight excluding hydrogens is 369 g/mol. The molecule has 0 saturated heterocycles. The van der Waals surface area contributed by atoms with Crippen LogP contribution in [0.15, 0.2) is 52.9 Å². The van der Waals surface area contributed by atoms with Gasteiger partial charge in [-0.25, -0.2) is 4.39 Å². The van der Waals surface area contributed by atoms with Crippen LogP contribution in [0, 0.1) is 18.2 Å². The number of ether oxygens (including phenoxy) is 2. The number of benzene rings is 2. The van der Waals surface area contributed by atoms with Gasteiger partial charge in [0.15, 0.2) is 0 Å². The van der Waals surface area contributed by atoms with Crippen LogP contribution in [0.5, 0.6) is 0 Å². The molecule has 3 aromatic rings. The van der Waals surface area contributed by atoms with Crippen molar-refractivity contribution in [1.29, 1.82) is 0 Å². The van der Waals surface area contributed by atoms with E-state index in [1.165, 1.54) is 12.1 Å². The summed E-state index contributed by atoms with van der Waals surface area (Å²) in [5.74, 6) is 3.15. The highest BCUT2D eigenvalue weighted by atomic mass is 19.1. The maximum absolute atomic E-state index is 13.0. The molecule has 5 heteroatoms. The molecule has 0 amide bonds. The zero-order chi connectivity index (χ0) is 20.3. The van der Waals surface area contributed by atoms with E-state index in [4.69, 9.17) is 20.3 Å². The van der Waals surface area contributed by atoms with E-state index in [-0.39, 0.29) is 5.82 Å². The first-order valence-electron chi connectivity index (χ1n) is 9.80. The summed E-state index contributed by atoms with van der Waals surface area (Å²) in [5.41, 5.74) is 3.15. The zero-order valence-electron chi connectivity index (χ0n) is 16.5. The van der Waals surface area contributed by atoms with E-state index >= 15 is 0 Å². The van der Waals surface area contributed by atoms with Crippen molar-refractivity contribution in [3.63, 3.8) is 0 Å². The largest absolute Gasteiger partial charge is 0.461 e. The fraction of sp³-hybridized carbons (Fsp3) is 0.333. The Kier molecular flexibility index (Phi) is 8.26. The monoisotopic (exact) mass is 395 g/mol. The van der Waals surface area contributed by atoms with Crippen LogP contribution in [-0.2, 0) is 28.9 Å². The van der Waals surface area contributed by atoms with Crippen molar-refractivity contribution in [1.82, 2.24) is 5.32 Å². The number of furan rings is 1. The summed E-state index contributed by atoms with van der Waals surface area (Å²) < 4.78 is 29.6. The Morgan fingerprint density at radius 3 is 2.55 bits per heavy atom. The molecule has 0 atom stereocenters. The van der Waals surface area contributed by atoms with E-state index in [1.807, 2.05) is 12.1 Å². The van der Waals surface area contributed by atoms with E-state index in [9.17, 15) is 4.39 Å². The van der Waals surface area contributed by atoms with Crippen molar-refractivity contribution < 1.29 is 18.3 Å². The van der Waals surface area contributed by atoms with E-state index in [2.05, 4.69) is 35.5 Å². The minimum absolute atomic E-state index is 0.209. The molecule has 1 N–H and O–H groups in total. The van der Waals surface area contributed by atoms with Crippen molar-refractivity contribution >= 4 is 11.0 Å². The lowest BCUT2D eigenvalue weighted by Crippen LogP contribution is -2.20. The van der Waals surface area contributed by atoms with Gasteiger partial charge in [-0.1, -0.05) is 30.2 Å². The Morgan fingerprint density at radius 1 is 0.931 bits per heavy atom. The molecule has 29 heavy (non-hydrogen) atoms. The van der Waals surface area contributed by atoms with Crippen LogP contribution in [-0.4, -0.2) is 33.0 Å². The molecule has 0 radical (unpaired) electrons. The fourth-order valence-electron chi connectivity index (χ4n) is 3.01. The zero-order valence-corrected chi connectivity index (χ0v) is 16.5. The number of terminal acetylenes is 1. The lowest BCUT2D eigenvalue weighted by molar-refractivity contribution is 0.0613. The highest BCUT2D eigenvalue weighted by Gasteiger charge is 2.06. The van der Waals surface area contributed by atoms with Crippen molar-refractivity contribution in [3.05, 3.63) is 71.2 Å². The number of halogens is 1. The summed E-state index contributed by atoms with van der Waals surface area (Å²) >= 11 is 0. The predicted molar refractivity (Wildman–Crippen MR) is 112 cm³/mol. The number of rotatable bonds is 12. The summed E-state index contributed by atoms with van der Waals surface area (Å²) in [7, 11) is 0. The van der Waals surface area contributed by atoms with Gasteiger partial charge in [0, 0.05) is 24.9 Å². The van der Waals surface area contributed by atoms with Crippen LogP contribution in [0.3, 0.4) is 0 Å². The van der Waals surface area contributed by atoms with Crippen molar-refractivity contribution in [2.45, 2.75) is 19.4 Å². The Morgan fingerprint density at radius 2 is 1.72 bits per heavy atom. The first-order chi connectivity index (χ1) is 14.2. The van der Waals surface area contributed by atoms with Gasteiger partial charge in [0.2, 0.25) is 0 Å². The fourth-order valence-corrected chi connectivity index (χ4v) is 3.01. The Balaban J connectivity index is 1.40. The molecule has 0 aliphatic heterocycles. The van der Waals surface area contributed by atoms with Gasteiger partial charge in [0.25, 0.3) is 0 Å². The molecule has 0 unspecified atom stereocenters. The van der Waals surface area contributed by atoms with Crippen LogP contribution < -0.4 is 5.32 Å². The third-order valence-electron chi connectivity index (χ3n) is 4.52. The maximum Gasteiger partial charge on any atom is 0.134 e. The Bertz CT molecular complexity index is 927. The van der Waals surface area contributed by atoms with E-state index in [0.717, 1.165) is 53.8 Å². The second-order valence-corrected chi connectivity index (χ2v) is 6.76. The molecule has 1 aromatic heterocycles. The molecule has 0 fully saturated rings. The SMILES string of the molecule is C#CCOCCOCCNCc1ccc2cc(CCc3ccc(F)cc3)oc2c1. The van der Waals surface area contributed by atoms with Gasteiger partial charge in [-0.2, -0.15) is 0 Å². The average Bonchev–Trinajstić information content (AvgIpc) is 3.14. The number of fused-ring (bicyclic) bond motifs is 1. The van der Waals surface area contributed by atoms with E-state index in [1.54, 1.807) is 0 Å². The van der Waals surface area contributed by atoms with Gasteiger partial charge in [-0.3, -0.25) is 0 Å². The summed E-state index contributed by atoms with van der Waals surface area (Å²) in [6, 6.07) is 14.9. The van der Waals surface area contributed by atoms with E-state index in [0.29, 0.717) is 26.4 Å². The number of aryl methyl sites for hydroxylation is 2. The van der Waals surface area contributed by atoms with Crippen molar-refractivity contribution in [2.24, 2.45) is 0 Å². The Labute approximate surface area is 171 Å². The lowest BCUT2D eigenvalue weighted by Gasteiger charge is -2.06. The van der Waals surface area contributed by atoms with Crippen LogP contribution in [0.4, 0.5) is 4.39 Å². The molecule has 2 aromatic carbocycles. The van der Waals surface area contributed by atoms with Gasteiger partial charge < -0.3 is 19.2 Å². The van der Waals surface area contributed by atoms with Crippen molar-refractivity contribution in [2.75, 3.05) is 33.0 Å². The van der Waals surface area contributed by atoms with E-state index < -0.39 is 0 Å². The highest BCUT2D eigenvalue weighted by Crippen LogP contribution is 2.22. The first-order valence-corrected chi connectivity index (χ1v) is 9.80. The molecule has 0 bridgehead atoms. The molecule has 4 nitrogen and oxygen atoms in total. The number of nitrogens with one attached hydrogen (secondary N) is 1. The summed E-state index contributed by atoms with van der Waals surface area (Å²) in [5, 5.41) is 4.45. The molecule has 0 saturated carbocycles. The number of hydrogen-bond donors (Lipinski definition) is 1. The molecule has 3 rings (SSSR count). The molecule has 0 aliphatic rings. The van der Waals surface area contributed by atoms with Crippen LogP contribution in [0.2, 0.25) is 0 Å². The predicted octanol–water partition coefficient (Wildman–Crippen LogP) is 4.11. The minimum Gasteiger partial charge on any atom is -0.461 e. The minimum atomic E-state index is -0.209. The smallest absolute Gasteiger partial charge is 0.134 e. The summed E-state index contributed by atoms with van der Waals surface area (Å²) in [6.45, 7) is 3.51. The average molecular weight is 395 g/mol. The van der Waals surface area contributed by atoms with Crippen LogP contribution in [0.25, 0.3) is 11.0 Å². The third kappa shape index (κ3) is 7.03. The maximum atomic E-state index is 13.0. The summed E-state index contributed by atoms with van der Waals surface area (Å²) in [4.78, 5) is 0. The van der Waals surface area contributed by atoms with Gasteiger partial charge in [-0.05, 0) is 41.8 Å². The quantitative estimate of drug-likeness (QED) is 0.370. The second-order valence-electron chi connectivity index (χ2n) is 6.76. The normalized spacial score (nSPS) is 11.0.